The molecule has 0 bridgehead atoms. The van der Waals surface area contributed by atoms with E-state index < -0.39 is 0 Å². The van der Waals surface area contributed by atoms with Crippen molar-refractivity contribution in [1.29, 1.82) is 0 Å². The van der Waals surface area contributed by atoms with E-state index in [4.69, 9.17) is 10.5 Å². The molecule has 0 fully saturated rings. The van der Waals surface area contributed by atoms with Crippen LogP contribution in [0.4, 0.5) is 0 Å². The van der Waals surface area contributed by atoms with Crippen molar-refractivity contribution in [3.8, 4) is 5.75 Å². The number of methoxy groups -OCH3 is 1. The summed E-state index contributed by atoms with van der Waals surface area (Å²) < 4.78 is 5.31. The lowest BCUT2D eigenvalue weighted by molar-refractivity contribution is 0.411. The van der Waals surface area contributed by atoms with E-state index in [-0.39, 0.29) is 5.54 Å². The summed E-state index contributed by atoms with van der Waals surface area (Å²) in [6.45, 7) is 8.34. The second kappa shape index (κ2) is 5.78. The Bertz CT molecular complexity index is 383. The lowest BCUT2D eigenvalue weighted by Crippen LogP contribution is -2.32. The summed E-state index contributed by atoms with van der Waals surface area (Å²) in [5.41, 5.74) is 8.36. The molecule has 17 heavy (non-hydrogen) atoms. The van der Waals surface area contributed by atoms with Crippen LogP contribution in [0.5, 0.6) is 5.75 Å². The van der Waals surface area contributed by atoms with Crippen LogP contribution in [0.15, 0.2) is 17.0 Å². The fourth-order valence-electron chi connectivity index (χ4n) is 1.56. The molecule has 0 aliphatic carbocycles. The zero-order chi connectivity index (χ0) is 13.1. The van der Waals surface area contributed by atoms with Crippen molar-refractivity contribution in [2.24, 2.45) is 5.73 Å². The molecule has 0 saturated heterocycles. The maximum absolute atomic E-state index is 5.98. The molecule has 96 valence electrons. The van der Waals surface area contributed by atoms with E-state index in [0.717, 1.165) is 17.9 Å². The zero-order valence-electron chi connectivity index (χ0n) is 11.5. The fraction of sp³-hybridized carbons (Fsp3) is 0.571. The number of aryl methyl sites for hydroxylation is 2. The molecule has 3 heteroatoms. The first-order chi connectivity index (χ1) is 7.83. The van der Waals surface area contributed by atoms with Crippen molar-refractivity contribution < 1.29 is 4.74 Å². The minimum atomic E-state index is -0.0809. The molecule has 0 radical (unpaired) electrons. The molecule has 0 atom stereocenters. The molecule has 0 aromatic heterocycles. The average molecular weight is 253 g/mol. The van der Waals surface area contributed by atoms with Gasteiger partial charge in [-0.05, 0) is 63.1 Å². The zero-order valence-corrected chi connectivity index (χ0v) is 12.3. The Kier molecular flexibility index (Phi) is 4.90. The van der Waals surface area contributed by atoms with E-state index in [9.17, 15) is 0 Å². The topological polar surface area (TPSA) is 35.2 Å². The van der Waals surface area contributed by atoms with Gasteiger partial charge in [-0.15, -0.1) is 11.8 Å². The van der Waals surface area contributed by atoms with Crippen molar-refractivity contribution >= 4 is 11.8 Å². The van der Waals surface area contributed by atoms with Gasteiger partial charge in [-0.25, -0.2) is 0 Å². The highest BCUT2D eigenvalue weighted by molar-refractivity contribution is 7.99. The van der Waals surface area contributed by atoms with Gasteiger partial charge in [0, 0.05) is 10.4 Å². The van der Waals surface area contributed by atoms with Crippen molar-refractivity contribution in [2.45, 2.75) is 44.6 Å². The first kappa shape index (κ1) is 14.4. The third-order valence-corrected chi connectivity index (χ3v) is 3.86. The minimum Gasteiger partial charge on any atom is -0.496 e. The van der Waals surface area contributed by atoms with E-state index in [2.05, 4.69) is 39.8 Å². The molecule has 2 nitrogen and oxygen atoms in total. The Hall–Kier alpha value is -0.670. The maximum Gasteiger partial charge on any atom is 0.122 e. The summed E-state index contributed by atoms with van der Waals surface area (Å²) in [4.78, 5) is 1.33. The van der Waals surface area contributed by atoms with Crippen LogP contribution in [0.3, 0.4) is 0 Å². The molecule has 0 aliphatic rings. The van der Waals surface area contributed by atoms with Crippen LogP contribution in [-0.4, -0.2) is 18.4 Å². The van der Waals surface area contributed by atoms with Gasteiger partial charge >= 0.3 is 0 Å². The van der Waals surface area contributed by atoms with Crippen LogP contribution < -0.4 is 10.5 Å². The van der Waals surface area contributed by atoms with Crippen molar-refractivity contribution in [3.05, 3.63) is 23.3 Å². The number of rotatable bonds is 5. The molecule has 0 aliphatic heterocycles. The van der Waals surface area contributed by atoms with Crippen molar-refractivity contribution in [3.63, 3.8) is 0 Å². The third-order valence-electron chi connectivity index (χ3n) is 2.70. The Labute approximate surface area is 109 Å². The van der Waals surface area contributed by atoms with Gasteiger partial charge in [-0.2, -0.15) is 0 Å². The Morgan fingerprint density at radius 2 is 1.88 bits per heavy atom. The Morgan fingerprint density at radius 3 is 2.41 bits per heavy atom. The SMILES string of the molecule is COc1cc(C)c(SCCC(C)(C)N)cc1C. The highest BCUT2D eigenvalue weighted by atomic mass is 32.2. The summed E-state index contributed by atoms with van der Waals surface area (Å²) in [5.74, 6) is 2.02. The highest BCUT2D eigenvalue weighted by Crippen LogP contribution is 2.30. The summed E-state index contributed by atoms with van der Waals surface area (Å²) in [7, 11) is 1.71. The Morgan fingerprint density at radius 1 is 1.24 bits per heavy atom. The predicted molar refractivity (Wildman–Crippen MR) is 76.1 cm³/mol. The van der Waals surface area contributed by atoms with Gasteiger partial charge < -0.3 is 10.5 Å². The van der Waals surface area contributed by atoms with Crippen LogP contribution in [0.2, 0.25) is 0 Å². The summed E-state index contributed by atoms with van der Waals surface area (Å²) in [6, 6.07) is 4.30. The highest BCUT2D eigenvalue weighted by Gasteiger charge is 2.11. The van der Waals surface area contributed by atoms with Crippen LogP contribution >= 0.6 is 11.8 Å². The molecule has 2 N–H and O–H groups in total. The van der Waals surface area contributed by atoms with E-state index >= 15 is 0 Å². The van der Waals surface area contributed by atoms with Gasteiger partial charge in [-0.3, -0.25) is 0 Å². The first-order valence-corrected chi connectivity index (χ1v) is 6.89. The minimum absolute atomic E-state index is 0.0809. The molecule has 1 aromatic rings. The van der Waals surface area contributed by atoms with Crippen LogP contribution in [0.1, 0.15) is 31.4 Å². The lowest BCUT2D eigenvalue weighted by Gasteiger charge is -2.18. The molecule has 0 saturated carbocycles. The molecular weight excluding hydrogens is 230 g/mol. The smallest absolute Gasteiger partial charge is 0.122 e. The summed E-state index contributed by atoms with van der Waals surface area (Å²) in [6.07, 6.45) is 1.02. The monoisotopic (exact) mass is 253 g/mol. The molecule has 0 heterocycles. The lowest BCUT2D eigenvalue weighted by atomic mass is 10.0. The molecule has 0 spiro atoms. The summed E-state index contributed by atoms with van der Waals surface area (Å²) in [5, 5.41) is 0. The first-order valence-electron chi connectivity index (χ1n) is 5.90. The quantitative estimate of drug-likeness (QED) is 0.815. The summed E-state index contributed by atoms with van der Waals surface area (Å²) >= 11 is 1.87. The second-order valence-corrected chi connectivity index (χ2v) is 6.31. The number of benzene rings is 1. The van der Waals surface area contributed by atoms with E-state index in [1.807, 2.05) is 11.8 Å². The number of thioether (sulfide) groups is 1. The number of ether oxygens (including phenoxy) is 1. The van der Waals surface area contributed by atoms with E-state index in [1.54, 1.807) is 7.11 Å². The van der Waals surface area contributed by atoms with Gasteiger partial charge in [0.1, 0.15) is 5.75 Å². The van der Waals surface area contributed by atoms with Crippen molar-refractivity contribution in [1.82, 2.24) is 0 Å². The molecule has 1 rings (SSSR count). The van der Waals surface area contributed by atoms with Crippen LogP contribution in [0, 0.1) is 13.8 Å². The maximum atomic E-state index is 5.98. The predicted octanol–water partition coefficient (Wildman–Crippen LogP) is 3.53. The average Bonchev–Trinajstić information content (AvgIpc) is 2.20. The molecule has 1 aromatic carbocycles. The van der Waals surface area contributed by atoms with Crippen LogP contribution in [-0.2, 0) is 0 Å². The molecule has 0 unspecified atom stereocenters. The van der Waals surface area contributed by atoms with Gasteiger partial charge in [0.05, 0.1) is 7.11 Å². The third kappa shape index (κ3) is 4.60. The van der Waals surface area contributed by atoms with E-state index in [0.29, 0.717) is 0 Å². The van der Waals surface area contributed by atoms with E-state index in [1.165, 1.54) is 16.0 Å². The van der Waals surface area contributed by atoms with Crippen LogP contribution in [0.25, 0.3) is 0 Å². The second-order valence-electron chi connectivity index (χ2n) is 5.17. The normalized spacial score (nSPS) is 11.6. The van der Waals surface area contributed by atoms with Gasteiger partial charge in [0.2, 0.25) is 0 Å². The van der Waals surface area contributed by atoms with Crippen molar-refractivity contribution in [2.75, 3.05) is 12.9 Å². The molecule has 0 amide bonds. The van der Waals surface area contributed by atoms with Gasteiger partial charge in [-0.1, -0.05) is 0 Å². The standard InChI is InChI=1S/C14H23NOS/c1-10-9-13(11(2)8-12(10)16-5)17-7-6-14(3,4)15/h8-9H,6-7,15H2,1-5H3. The fourth-order valence-corrected chi connectivity index (χ4v) is 2.96. The van der Waals surface area contributed by atoms with Gasteiger partial charge in [0.15, 0.2) is 0 Å². The number of nitrogens with two attached hydrogens (primary N) is 1. The largest absolute Gasteiger partial charge is 0.496 e. The Balaban J connectivity index is 2.69. The van der Waals surface area contributed by atoms with Gasteiger partial charge in [0.25, 0.3) is 0 Å². The number of hydrogen-bond acceptors (Lipinski definition) is 3. The molecular formula is C14H23NOS. The number of hydrogen-bond donors (Lipinski definition) is 1.